The zero-order chi connectivity index (χ0) is 20.7. The van der Waals surface area contributed by atoms with Gasteiger partial charge in [-0.25, -0.2) is 18.7 Å². The molecule has 10 heteroatoms. The molecule has 2 N–H and O–H groups in total. The first kappa shape index (κ1) is 19.6. The summed E-state index contributed by atoms with van der Waals surface area (Å²) in [6.45, 7) is 5.42. The van der Waals surface area contributed by atoms with Gasteiger partial charge >= 0.3 is 0 Å². The minimum absolute atomic E-state index is 0.344. The lowest BCUT2D eigenvalue weighted by molar-refractivity contribution is -0.0847. The van der Waals surface area contributed by atoms with Crippen LogP contribution in [0.1, 0.15) is 19.4 Å². The fourth-order valence-corrected chi connectivity index (χ4v) is 4.40. The molecule has 0 radical (unpaired) electrons. The maximum Gasteiger partial charge on any atom is 0.160 e. The van der Waals surface area contributed by atoms with Gasteiger partial charge in [0.05, 0.1) is 37.2 Å². The van der Waals surface area contributed by atoms with Crippen LogP contribution in [0.2, 0.25) is 5.15 Å². The number of halogens is 2. The maximum absolute atomic E-state index is 14.9. The standard InChI is InChI=1S/C20H25ClFN7O/c1-2-23-28-8-5-13-3-4-18(26-20(13)28)25-16-9-24-29(19(16)21)17-6-7-27(10-15(17)22)14-11-30-12-14/h3-5,8-9,14-15,17,23H,2,6-7,10-12H2,1H3,(H,25,26)/t15-,17-/m0/s1. The Labute approximate surface area is 178 Å². The molecule has 3 aromatic rings. The van der Waals surface area contributed by atoms with Crippen LogP contribution >= 0.6 is 11.6 Å². The van der Waals surface area contributed by atoms with Gasteiger partial charge in [0.1, 0.15) is 12.0 Å². The Morgan fingerprint density at radius 3 is 2.90 bits per heavy atom. The average Bonchev–Trinajstić information content (AvgIpc) is 3.25. The molecule has 3 aromatic heterocycles. The van der Waals surface area contributed by atoms with Gasteiger partial charge in [0.25, 0.3) is 0 Å². The van der Waals surface area contributed by atoms with Gasteiger partial charge in [0.2, 0.25) is 0 Å². The summed E-state index contributed by atoms with van der Waals surface area (Å²) in [6, 6.07) is 5.87. The number of hydrogen-bond acceptors (Lipinski definition) is 6. The van der Waals surface area contributed by atoms with Crippen molar-refractivity contribution in [3.05, 3.63) is 35.7 Å². The van der Waals surface area contributed by atoms with Crippen molar-refractivity contribution in [2.24, 2.45) is 0 Å². The zero-order valence-electron chi connectivity index (χ0n) is 16.8. The molecule has 30 heavy (non-hydrogen) atoms. The maximum atomic E-state index is 14.9. The van der Waals surface area contributed by atoms with E-state index in [1.165, 1.54) is 0 Å². The number of hydrogen-bond donors (Lipinski definition) is 2. The fourth-order valence-electron chi connectivity index (χ4n) is 4.13. The van der Waals surface area contributed by atoms with Crippen molar-refractivity contribution in [3.63, 3.8) is 0 Å². The van der Waals surface area contributed by atoms with E-state index in [4.69, 9.17) is 16.3 Å². The third-order valence-electron chi connectivity index (χ3n) is 5.85. The molecule has 0 amide bonds. The Morgan fingerprint density at radius 2 is 2.17 bits per heavy atom. The molecule has 0 aliphatic carbocycles. The summed E-state index contributed by atoms with van der Waals surface area (Å²) >= 11 is 6.58. The second kappa shape index (κ2) is 8.05. The first-order chi connectivity index (χ1) is 14.6. The molecule has 2 aliphatic rings. The van der Waals surface area contributed by atoms with E-state index in [0.717, 1.165) is 24.1 Å². The Hall–Kier alpha value is -2.36. The third kappa shape index (κ3) is 3.51. The van der Waals surface area contributed by atoms with Crippen LogP contribution in [-0.2, 0) is 4.74 Å². The topological polar surface area (TPSA) is 72.2 Å². The number of nitrogens with zero attached hydrogens (tertiary/aromatic N) is 5. The molecule has 8 nitrogen and oxygen atoms in total. The molecule has 2 aliphatic heterocycles. The first-order valence-corrected chi connectivity index (χ1v) is 10.7. The molecule has 2 atom stereocenters. The largest absolute Gasteiger partial charge is 0.378 e. The van der Waals surface area contributed by atoms with Crippen molar-refractivity contribution >= 4 is 34.1 Å². The summed E-state index contributed by atoms with van der Waals surface area (Å²) in [5, 5.41) is 9.04. The summed E-state index contributed by atoms with van der Waals surface area (Å²) in [4.78, 5) is 6.84. The average molecular weight is 434 g/mol. The van der Waals surface area contributed by atoms with Gasteiger partial charge in [-0.1, -0.05) is 11.6 Å². The zero-order valence-corrected chi connectivity index (χ0v) is 17.5. The number of likely N-dealkylation sites (tertiary alicyclic amines) is 1. The predicted molar refractivity (Wildman–Crippen MR) is 115 cm³/mol. The van der Waals surface area contributed by atoms with Crippen LogP contribution in [0, 0.1) is 0 Å². The normalized spacial score (nSPS) is 22.9. The van der Waals surface area contributed by atoms with Gasteiger partial charge in [0, 0.05) is 31.2 Å². The third-order valence-corrected chi connectivity index (χ3v) is 6.23. The van der Waals surface area contributed by atoms with Gasteiger partial charge in [-0.3, -0.25) is 4.90 Å². The van der Waals surface area contributed by atoms with Crippen LogP contribution in [0.3, 0.4) is 0 Å². The first-order valence-electron chi connectivity index (χ1n) is 10.3. The summed E-state index contributed by atoms with van der Waals surface area (Å²) in [5.41, 5.74) is 4.67. The van der Waals surface area contributed by atoms with Crippen molar-refractivity contribution in [1.82, 2.24) is 24.3 Å². The smallest absolute Gasteiger partial charge is 0.160 e. The SMILES string of the molecule is CCNn1ccc2ccc(Nc3cnn([C@H]4CCN(C5COC5)C[C@@H]4F)c3Cl)nc21. The molecule has 0 saturated carbocycles. The monoisotopic (exact) mass is 433 g/mol. The van der Waals surface area contributed by atoms with Crippen LogP contribution in [0.25, 0.3) is 11.0 Å². The molecule has 0 aromatic carbocycles. The van der Waals surface area contributed by atoms with E-state index in [1.54, 1.807) is 10.9 Å². The van der Waals surface area contributed by atoms with Crippen molar-refractivity contribution < 1.29 is 9.13 Å². The number of fused-ring (bicyclic) bond motifs is 1. The molecule has 0 unspecified atom stereocenters. The Balaban J connectivity index is 1.32. The lowest BCUT2D eigenvalue weighted by Crippen LogP contribution is -2.55. The lowest BCUT2D eigenvalue weighted by Gasteiger charge is -2.42. The molecule has 160 valence electrons. The number of anilines is 2. The minimum atomic E-state index is -1.03. The van der Waals surface area contributed by atoms with Crippen LogP contribution in [0.4, 0.5) is 15.9 Å². The number of pyridine rings is 1. The highest BCUT2D eigenvalue weighted by atomic mass is 35.5. The number of alkyl halides is 1. The molecule has 2 saturated heterocycles. The highest BCUT2D eigenvalue weighted by Gasteiger charge is 2.37. The Morgan fingerprint density at radius 1 is 1.30 bits per heavy atom. The van der Waals surface area contributed by atoms with E-state index in [1.807, 2.05) is 36.0 Å². The van der Waals surface area contributed by atoms with Crippen molar-refractivity contribution in [2.75, 3.05) is 43.6 Å². The van der Waals surface area contributed by atoms with Gasteiger partial charge in [0.15, 0.2) is 10.8 Å². The minimum Gasteiger partial charge on any atom is -0.378 e. The lowest BCUT2D eigenvalue weighted by atomic mass is 10.0. The van der Waals surface area contributed by atoms with Crippen LogP contribution in [-0.4, -0.2) is 69.4 Å². The van der Waals surface area contributed by atoms with Crippen molar-refractivity contribution in [2.45, 2.75) is 31.6 Å². The highest BCUT2D eigenvalue weighted by molar-refractivity contribution is 6.32. The molecule has 5 heterocycles. The number of ether oxygens (including phenoxy) is 1. The summed E-state index contributed by atoms with van der Waals surface area (Å²) < 4.78 is 23.7. The second-order valence-electron chi connectivity index (χ2n) is 7.78. The van der Waals surface area contributed by atoms with Gasteiger partial charge < -0.3 is 15.5 Å². The fraction of sp³-hybridized carbons (Fsp3) is 0.500. The van der Waals surface area contributed by atoms with E-state index >= 15 is 0 Å². The Kier molecular flexibility index (Phi) is 5.26. The van der Waals surface area contributed by atoms with Crippen molar-refractivity contribution in [3.8, 4) is 0 Å². The number of rotatable bonds is 6. The van der Waals surface area contributed by atoms with Crippen molar-refractivity contribution in [1.29, 1.82) is 0 Å². The van der Waals surface area contributed by atoms with Crippen LogP contribution in [0.15, 0.2) is 30.6 Å². The number of aromatic nitrogens is 4. The van der Waals surface area contributed by atoms with E-state index in [2.05, 4.69) is 25.7 Å². The number of piperidine rings is 1. The second-order valence-corrected chi connectivity index (χ2v) is 8.14. The van der Waals surface area contributed by atoms with E-state index in [-0.39, 0.29) is 6.04 Å². The van der Waals surface area contributed by atoms with Crippen LogP contribution in [0.5, 0.6) is 0 Å². The molecule has 2 fully saturated rings. The summed E-state index contributed by atoms with van der Waals surface area (Å²) in [5.74, 6) is 0.651. The Bertz CT molecular complexity index is 1030. The summed E-state index contributed by atoms with van der Waals surface area (Å²) in [7, 11) is 0. The molecular formula is C20H25ClFN7O. The molecule has 0 spiro atoms. The predicted octanol–water partition coefficient (Wildman–Crippen LogP) is 3.18. The molecular weight excluding hydrogens is 409 g/mol. The van der Waals surface area contributed by atoms with E-state index < -0.39 is 6.17 Å². The number of nitrogens with one attached hydrogen (secondary N) is 2. The molecule has 0 bridgehead atoms. The molecule has 5 rings (SSSR count). The highest BCUT2D eigenvalue weighted by Crippen LogP contribution is 2.34. The van der Waals surface area contributed by atoms with E-state index in [0.29, 0.717) is 48.9 Å². The van der Waals surface area contributed by atoms with E-state index in [9.17, 15) is 4.39 Å². The quantitative estimate of drug-likeness (QED) is 0.622. The van der Waals surface area contributed by atoms with Crippen LogP contribution < -0.4 is 10.7 Å². The van der Waals surface area contributed by atoms with Gasteiger partial charge in [-0.15, -0.1) is 0 Å². The van der Waals surface area contributed by atoms with Gasteiger partial charge in [-0.2, -0.15) is 5.10 Å². The van der Waals surface area contributed by atoms with Gasteiger partial charge in [-0.05, 0) is 31.5 Å². The summed E-state index contributed by atoms with van der Waals surface area (Å²) in [6.07, 6.45) is 3.22.